The van der Waals surface area contributed by atoms with E-state index in [9.17, 15) is 9.18 Å². The van der Waals surface area contributed by atoms with Crippen molar-refractivity contribution in [3.63, 3.8) is 0 Å². The molecule has 3 N–H and O–H groups in total. The van der Waals surface area contributed by atoms with Gasteiger partial charge in [0.25, 0.3) is 5.91 Å². The second-order valence-corrected chi connectivity index (χ2v) is 12.1. The molecule has 0 saturated carbocycles. The van der Waals surface area contributed by atoms with Crippen LogP contribution in [0.15, 0.2) is 65.6 Å². The van der Waals surface area contributed by atoms with Crippen LogP contribution in [-0.4, -0.2) is 58.4 Å². The maximum atomic E-state index is 13.5. The first kappa shape index (κ1) is 26.4. The van der Waals surface area contributed by atoms with Crippen molar-refractivity contribution in [1.29, 1.82) is 0 Å². The molecule has 204 valence electrons. The molecule has 0 spiro atoms. The number of nitrogens with two attached hydrogens (primary N) is 1. The summed E-state index contributed by atoms with van der Waals surface area (Å²) in [5, 5.41) is 0.146. The fourth-order valence-corrected chi connectivity index (χ4v) is 7.44. The molecule has 6 rings (SSSR count). The molecular formula is C29H32ClFN6OS. The lowest BCUT2D eigenvalue weighted by Crippen LogP contribution is -2.55. The van der Waals surface area contributed by atoms with E-state index in [-0.39, 0.29) is 23.0 Å². The van der Waals surface area contributed by atoms with Crippen molar-refractivity contribution < 1.29 is 9.18 Å². The van der Waals surface area contributed by atoms with Crippen molar-refractivity contribution in [3.8, 4) is 0 Å². The number of nitrogens with one attached hydrogen (secondary N) is 1. The zero-order valence-electron chi connectivity index (χ0n) is 21.6. The monoisotopic (exact) mass is 566 g/mol. The topological polar surface area (TPSA) is 77.7 Å². The summed E-state index contributed by atoms with van der Waals surface area (Å²) in [4.78, 5) is 23.3. The quantitative estimate of drug-likeness (QED) is 0.230. The highest BCUT2D eigenvalue weighted by molar-refractivity contribution is 7.97. The van der Waals surface area contributed by atoms with Crippen molar-refractivity contribution in [2.45, 2.75) is 48.6 Å². The SMILES string of the molecule is NNc1cc(SN2CCC(c3ccccc3)CC2)cc(N2C3CCC2CN(C(=O)c2ccc(F)cc2Cl)C3)n1. The maximum Gasteiger partial charge on any atom is 0.255 e. The van der Waals surface area contributed by atoms with Crippen molar-refractivity contribution in [2.24, 2.45) is 5.84 Å². The number of halogens is 2. The number of amides is 1. The van der Waals surface area contributed by atoms with E-state index >= 15 is 0 Å². The molecular weight excluding hydrogens is 535 g/mol. The van der Waals surface area contributed by atoms with Crippen LogP contribution in [0.25, 0.3) is 0 Å². The zero-order chi connectivity index (χ0) is 26.9. The number of hydrazine groups is 1. The average molecular weight is 567 g/mol. The summed E-state index contributed by atoms with van der Waals surface area (Å²) in [6.07, 6.45) is 4.22. The molecule has 3 fully saturated rings. The summed E-state index contributed by atoms with van der Waals surface area (Å²) in [6, 6.07) is 19.2. The lowest BCUT2D eigenvalue weighted by atomic mass is 9.90. The molecule has 3 saturated heterocycles. The highest BCUT2D eigenvalue weighted by Crippen LogP contribution is 2.39. The molecule has 10 heteroatoms. The van der Waals surface area contributed by atoms with Crippen LogP contribution in [0.5, 0.6) is 0 Å². The first-order valence-electron chi connectivity index (χ1n) is 13.5. The first-order chi connectivity index (χ1) is 19.0. The van der Waals surface area contributed by atoms with Crippen molar-refractivity contribution in [3.05, 3.63) is 82.6 Å². The van der Waals surface area contributed by atoms with Crippen LogP contribution in [0.2, 0.25) is 5.02 Å². The largest absolute Gasteiger partial charge is 0.347 e. The molecule has 0 aliphatic carbocycles. The first-order valence-corrected chi connectivity index (χ1v) is 14.6. The summed E-state index contributed by atoms with van der Waals surface area (Å²) in [6.45, 7) is 3.18. The molecule has 4 heterocycles. The second-order valence-electron chi connectivity index (χ2n) is 10.5. The number of likely N-dealkylation sites (tertiary alicyclic amines) is 1. The van der Waals surface area contributed by atoms with Gasteiger partial charge in [0.05, 0.1) is 10.6 Å². The van der Waals surface area contributed by atoms with Gasteiger partial charge >= 0.3 is 0 Å². The van der Waals surface area contributed by atoms with Crippen LogP contribution in [0, 0.1) is 5.82 Å². The van der Waals surface area contributed by atoms with Gasteiger partial charge < -0.3 is 15.2 Å². The minimum Gasteiger partial charge on any atom is -0.347 e. The van der Waals surface area contributed by atoms with Crippen LogP contribution in [0.4, 0.5) is 16.0 Å². The molecule has 2 bridgehead atoms. The molecule has 1 amide bonds. The van der Waals surface area contributed by atoms with Crippen LogP contribution < -0.4 is 16.2 Å². The minimum atomic E-state index is -0.449. The van der Waals surface area contributed by atoms with E-state index in [2.05, 4.69) is 51.0 Å². The van der Waals surface area contributed by atoms with Gasteiger partial charge in [-0.3, -0.25) is 4.79 Å². The molecule has 3 aromatic rings. The Morgan fingerprint density at radius 3 is 2.38 bits per heavy atom. The van der Waals surface area contributed by atoms with Gasteiger partial charge in [-0.15, -0.1) is 0 Å². The molecule has 2 atom stereocenters. The predicted molar refractivity (Wildman–Crippen MR) is 154 cm³/mol. The Morgan fingerprint density at radius 2 is 1.72 bits per heavy atom. The van der Waals surface area contributed by atoms with Crippen LogP contribution in [-0.2, 0) is 0 Å². The van der Waals surface area contributed by atoms with E-state index in [1.54, 1.807) is 11.9 Å². The number of carbonyl (C=O) groups is 1. The van der Waals surface area contributed by atoms with E-state index in [1.807, 2.05) is 11.0 Å². The van der Waals surface area contributed by atoms with Gasteiger partial charge in [0.1, 0.15) is 17.5 Å². The Bertz CT molecular complexity index is 1320. The standard InChI is InChI=1S/C29H32ClFN6OS/c30-26-14-21(31)6-9-25(26)29(38)35-17-22-7-8-23(18-35)37(22)28-16-24(15-27(33-28)34-32)39-36-12-10-20(11-13-36)19-4-2-1-3-5-19/h1-6,9,14-16,20,22-23H,7-8,10-13,17-18,32H2,(H,33,34). The zero-order valence-corrected chi connectivity index (χ0v) is 23.2. The number of pyridine rings is 1. The number of hydrogen-bond acceptors (Lipinski definition) is 7. The van der Waals surface area contributed by atoms with E-state index < -0.39 is 5.82 Å². The van der Waals surface area contributed by atoms with Gasteiger partial charge in [-0.1, -0.05) is 41.9 Å². The fraction of sp³-hybridized carbons (Fsp3) is 0.379. The molecule has 39 heavy (non-hydrogen) atoms. The average Bonchev–Trinajstić information content (AvgIpc) is 3.22. The number of anilines is 2. The molecule has 0 radical (unpaired) electrons. The number of rotatable bonds is 6. The number of benzene rings is 2. The minimum absolute atomic E-state index is 0.145. The lowest BCUT2D eigenvalue weighted by molar-refractivity contribution is 0.0717. The van der Waals surface area contributed by atoms with Gasteiger partial charge in [0.2, 0.25) is 0 Å². The van der Waals surface area contributed by atoms with Crippen LogP contribution in [0.1, 0.15) is 47.5 Å². The Morgan fingerprint density at radius 1 is 1.00 bits per heavy atom. The van der Waals surface area contributed by atoms with Gasteiger partial charge in [0.15, 0.2) is 0 Å². The molecule has 1 aromatic heterocycles. The Balaban J connectivity index is 1.14. The van der Waals surface area contributed by atoms with E-state index in [4.69, 9.17) is 22.4 Å². The summed E-state index contributed by atoms with van der Waals surface area (Å²) in [5.74, 6) is 7.34. The Hall–Kier alpha value is -2.85. The second kappa shape index (κ2) is 11.3. The summed E-state index contributed by atoms with van der Waals surface area (Å²) < 4.78 is 15.9. The predicted octanol–water partition coefficient (Wildman–Crippen LogP) is 5.54. The van der Waals surface area contributed by atoms with Crippen molar-refractivity contribution >= 4 is 41.1 Å². The molecule has 3 aliphatic heterocycles. The summed E-state index contributed by atoms with van der Waals surface area (Å²) in [5.41, 5.74) is 4.51. The van der Waals surface area contributed by atoms with E-state index in [1.165, 1.54) is 23.8 Å². The van der Waals surface area contributed by atoms with Crippen LogP contribution in [0.3, 0.4) is 0 Å². The van der Waals surface area contributed by atoms with Crippen molar-refractivity contribution in [2.75, 3.05) is 36.5 Å². The highest BCUT2D eigenvalue weighted by Gasteiger charge is 2.42. The third-order valence-corrected chi connectivity index (χ3v) is 9.47. The normalized spacial score (nSPS) is 21.8. The number of piperazine rings is 1. The third-order valence-electron chi connectivity index (χ3n) is 8.09. The third kappa shape index (κ3) is 5.59. The number of aromatic nitrogens is 1. The Kier molecular flexibility index (Phi) is 7.66. The summed E-state index contributed by atoms with van der Waals surface area (Å²) in [7, 11) is 0. The van der Waals surface area contributed by atoms with Crippen molar-refractivity contribution in [1.82, 2.24) is 14.2 Å². The number of nitrogens with zero attached hydrogens (tertiary/aromatic N) is 4. The van der Waals surface area contributed by atoms with E-state index in [0.29, 0.717) is 30.4 Å². The maximum absolute atomic E-state index is 13.5. The number of nitrogen functional groups attached to an aromatic ring is 1. The molecule has 3 aliphatic rings. The lowest BCUT2D eigenvalue weighted by Gasteiger charge is -2.42. The highest BCUT2D eigenvalue weighted by atomic mass is 35.5. The van der Waals surface area contributed by atoms with Crippen LogP contribution >= 0.6 is 23.5 Å². The molecule has 2 unspecified atom stereocenters. The van der Waals surface area contributed by atoms with E-state index in [0.717, 1.165) is 49.5 Å². The summed E-state index contributed by atoms with van der Waals surface area (Å²) >= 11 is 7.95. The Labute approximate surface area is 237 Å². The number of carbonyl (C=O) groups excluding carboxylic acids is 1. The molecule has 2 aromatic carbocycles. The van der Waals surface area contributed by atoms with Gasteiger partial charge in [-0.05, 0) is 79.4 Å². The number of fused-ring (bicyclic) bond motifs is 2. The van der Waals surface area contributed by atoms with Gasteiger partial charge in [-0.25, -0.2) is 19.5 Å². The number of hydrogen-bond donors (Lipinski definition) is 2. The fourth-order valence-electron chi connectivity index (χ4n) is 6.18. The van der Waals surface area contributed by atoms with Gasteiger partial charge in [-0.2, -0.15) is 0 Å². The molecule has 7 nitrogen and oxygen atoms in total. The smallest absolute Gasteiger partial charge is 0.255 e. The number of piperidine rings is 1. The van der Waals surface area contributed by atoms with Gasteiger partial charge in [0, 0.05) is 43.2 Å².